The summed E-state index contributed by atoms with van der Waals surface area (Å²) < 4.78 is 0. The third-order valence-electron chi connectivity index (χ3n) is 4.31. The lowest BCUT2D eigenvalue weighted by atomic mass is 9.72. The van der Waals surface area contributed by atoms with Crippen molar-refractivity contribution in [1.29, 1.82) is 0 Å². The van der Waals surface area contributed by atoms with Gasteiger partial charge in [-0.15, -0.1) is 0 Å². The van der Waals surface area contributed by atoms with Crippen LogP contribution >= 0.6 is 0 Å². The average molecular weight is 160 g/mol. The summed E-state index contributed by atoms with van der Waals surface area (Å²) in [5.41, 5.74) is 2.15. The van der Waals surface area contributed by atoms with Crippen LogP contribution in [-0.2, 0) is 0 Å². The van der Waals surface area contributed by atoms with Crippen LogP contribution in [0.1, 0.15) is 32.1 Å². The van der Waals surface area contributed by atoms with Gasteiger partial charge in [-0.05, 0) is 49.4 Å². The van der Waals surface area contributed by atoms with Gasteiger partial charge in [-0.3, -0.25) is 0 Å². The van der Waals surface area contributed by atoms with Crippen LogP contribution in [0, 0.1) is 17.3 Å². The predicted octanol–water partition coefficient (Wildman–Crippen LogP) is 3.31. The van der Waals surface area contributed by atoms with E-state index in [4.69, 9.17) is 0 Å². The molecule has 0 amide bonds. The van der Waals surface area contributed by atoms with Crippen molar-refractivity contribution in [2.45, 2.75) is 32.1 Å². The normalized spacial score (nSPS) is 49.8. The maximum absolute atomic E-state index is 4.27. The molecule has 3 aliphatic carbocycles. The Morgan fingerprint density at radius 3 is 2.83 bits per heavy atom. The van der Waals surface area contributed by atoms with Crippen LogP contribution in [-0.4, -0.2) is 0 Å². The second-order valence-electron chi connectivity index (χ2n) is 4.80. The lowest BCUT2D eigenvalue weighted by molar-refractivity contribution is 0.301. The average Bonchev–Trinajstić information content (AvgIpc) is 2.69. The first kappa shape index (κ1) is 6.94. The Morgan fingerprint density at radius 2 is 2.33 bits per heavy atom. The maximum Gasteiger partial charge on any atom is -0.00222 e. The van der Waals surface area contributed by atoms with Gasteiger partial charge < -0.3 is 0 Å². The van der Waals surface area contributed by atoms with Crippen LogP contribution in [0.2, 0.25) is 0 Å². The third kappa shape index (κ3) is 0.646. The van der Waals surface area contributed by atoms with E-state index < -0.39 is 0 Å². The Balaban J connectivity index is 2.02. The van der Waals surface area contributed by atoms with Crippen LogP contribution in [0.3, 0.4) is 0 Å². The summed E-state index contributed by atoms with van der Waals surface area (Å²) in [7, 11) is 0. The summed E-state index contributed by atoms with van der Waals surface area (Å²) in [6.07, 6.45) is 11.9. The Morgan fingerprint density at radius 1 is 1.42 bits per heavy atom. The molecule has 1 spiro atoms. The van der Waals surface area contributed by atoms with Crippen LogP contribution < -0.4 is 0 Å². The molecule has 3 aliphatic rings. The molecule has 0 nitrogen and oxygen atoms in total. The molecule has 0 aromatic rings. The molecule has 0 N–H and O–H groups in total. The fourth-order valence-corrected chi connectivity index (χ4v) is 3.69. The van der Waals surface area contributed by atoms with E-state index in [1.54, 1.807) is 5.57 Å². The van der Waals surface area contributed by atoms with Gasteiger partial charge in [0.2, 0.25) is 0 Å². The third-order valence-corrected chi connectivity index (χ3v) is 4.31. The summed E-state index contributed by atoms with van der Waals surface area (Å²) >= 11 is 0. The Kier molecular flexibility index (Phi) is 1.18. The Labute approximate surface area is 74.4 Å². The zero-order chi connectivity index (χ0) is 8.18. The molecular formula is C12H16. The fourth-order valence-electron chi connectivity index (χ4n) is 3.69. The molecule has 2 fully saturated rings. The van der Waals surface area contributed by atoms with Crippen molar-refractivity contribution in [2.75, 3.05) is 0 Å². The molecule has 3 rings (SSSR count). The molecule has 2 bridgehead atoms. The Hall–Kier alpha value is -0.520. The highest BCUT2D eigenvalue weighted by Gasteiger charge is 2.51. The highest BCUT2D eigenvalue weighted by molar-refractivity contribution is 5.28. The van der Waals surface area contributed by atoms with Crippen molar-refractivity contribution >= 4 is 0 Å². The SMILES string of the molecule is C=C1CCCC12CC1C=CC2C1. The van der Waals surface area contributed by atoms with Crippen LogP contribution in [0.15, 0.2) is 24.3 Å². The van der Waals surface area contributed by atoms with Gasteiger partial charge in [0.25, 0.3) is 0 Å². The molecule has 0 aromatic carbocycles. The topological polar surface area (TPSA) is 0 Å². The van der Waals surface area contributed by atoms with Gasteiger partial charge >= 0.3 is 0 Å². The second kappa shape index (κ2) is 2.04. The molecule has 0 heterocycles. The van der Waals surface area contributed by atoms with Gasteiger partial charge in [0, 0.05) is 0 Å². The molecule has 2 saturated carbocycles. The monoisotopic (exact) mass is 160 g/mol. The highest BCUT2D eigenvalue weighted by Crippen LogP contribution is 2.61. The highest BCUT2D eigenvalue weighted by atomic mass is 14.5. The molecule has 64 valence electrons. The van der Waals surface area contributed by atoms with Crippen molar-refractivity contribution in [3.05, 3.63) is 24.3 Å². The van der Waals surface area contributed by atoms with E-state index in [2.05, 4.69) is 18.7 Å². The minimum Gasteiger partial charge on any atom is -0.0993 e. The van der Waals surface area contributed by atoms with E-state index in [-0.39, 0.29) is 0 Å². The molecule has 0 saturated heterocycles. The smallest absolute Gasteiger partial charge is 0.00222 e. The lowest BCUT2D eigenvalue weighted by Crippen LogP contribution is -2.23. The molecule has 0 radical (unpaired) electrons. The van der Waals surface area contributed by atoms with Crippen molar-refractivity contribution in [1.82, 2.24) is 0 Å². The van der Waals surface area contributed by atoms with E-state index in [0.717, 1.165) is 11.8 Å². The lowest BCUT2D eigenvalue weighted by Gasteiger charge is -2.32. The van der Waals surface area contributed by atoms with Crippen LogP contribution in [0.4, 0.5) is 0 Å². The zero-order valence-corrected chi connectivity index (χ0v) is 7.55. The number of fused-ring (bicyclic) bond motifs is 3. The first-order valence-electron chi connectivity index (χ1n) is 5.18. The van der Waals surface area contributed by atoms with Gasteiger partial charge in [0.15, 0.2) is 0 Å². The minimum atomic E-state index is 0.583. The number of allylic oxidation sites excluding steroid dienone is 3. The quantitative estimate of drug-likeness (QED) is 0.477. The summed E-state index contributed by atoms with van der Waals surface area (Å²) in [5, 5.41) is 0. The first-order chi connectivity index (χ1) is 5.81. The summed E-state index contributed by atoms with van der Waals surface area (Å²) in [6, 6.07) is 0. The largest absolute Gasteiger partial charge is 0.0993 e. The van der Waals surface area contributed by atoms with E-state index in [0.29, 0.717) is 5.41 Å². The molecule has 0 aromatic heterocycles. The van der Waals surface area contributed by atoms with E-state index >= 15 is 0 Å². The fraction of sp³-hybridized carbons (Fsp3) is 0.667. The maximum atomic E-state index is 4.27. The van der Waals surface area contributed by atoms with Gasteiger partial charge in [-0.1, -0.05) is 24.3 Å². The molecule has 12 heavy (non-hydrogen) atoms. The standard InChI is InChI=1S/C12H16/c1-9-3-2-6-12(9)8-10-4-5-11(12)7-10/h4-5,10-11H,1-3,6-8H2. The van der Waals surface area contributed by atoms with Crippen molar-refractivity contribution in [3.63, 3.8) is 0 Å². The van der Waals surface area contributed by atoms with Gasteiger partial charge in [0.05, 0.1) is 0 Å². The number of hydrogen-bond donors (Lipinski definition) is 0. The van der Waals surface area contributed by atoms with Crippen molar-refractivity contribution in [3.8, 4) is 0 Å². The Bertz CT molecular complexity index is 261. The number of hydrogen-bond acceptors (Lipinski definition) is 0. The van der Waals surface area contributed by atoms with Gasteiger partial charge in [0.1, 0.15) is 0 Å². The summed E-state index contributed by atoms with van der Waals surface area (Å²) in [5.74, 6) is 1.78. The van der Waals surface area contributed by atoms with E-state index in [1.807, 2.05) is 0 Å². The number of rotatable bonds is 0. The van der Waals surface area contributed by atoms with E-state index in [9.17, 15) is 0 Å². The van der Waals surface area contributed by atoms with Crippen LogP contribution in [0.25, 0.3) is 0 Å². The zero-order valence-electron chi connectivity index (χ0n) is 7.55. The summed E-state index contributed by atoms with van der Waals surface area (Å²) in [6.45, 7) is 4.27. The predicted molar refractivity (Wildman–Crippen MR) is 50.8 cm³/mol. The minimum absolute atomic E-state index is 0.583. The van der Waals surface area contributed by atoms with Gasteiger partial charge in [-0.2, -0.15) is 0 Å². The van der Waals surface area contributed by atoms with Crippen molar-refractivity contribution < 1.29 is 0 Å². The molecule has 0 aliphatic heterocycles. The molecule has 0 heteroatoms. The second-order valence-corrected chi connectivity index (χ2v) is 4.80. The van der Waals surface area contributed by atoms with Gasteiger partial charge in [-0.25, -0.2) is 0 Å². The molecular weight excluding hydrogens is 144 g/mol. The van der Waals surface area contributed by atoms with Crippen LogP contribution in [0.5, 0.6) is 0 Å². The first-order valence-corrected chi connectivity index (χ1v) is 5.18. The molecule has 3 unspecified atom stereocenters. The molecule has 3 atom stereocenters. The summed E-state index contributed by atoms with van der Waals surface area (Å²) in [4.78, 5) is 0. The van der Waals surface area contributed by atoms with Crippen molar-refractivity contribution in [2.24, 2.45) is 17.3 Å². The van der Waals surface area contributed by atoms with E-state index in [1.165, 1.54) is 32.1 Å².